The number of nitro benzene ring substituents is 1. The molecule has 2 rings (SSSR count). The molecule has 1 aromatic heterocycles. The number of carboxylic acids is 1. The Labute approximate surface area is 113 Å². The van der Waals surface area contributed by atoms with Crippen LogP contribution < -0.4 is 4.74 Å². The van der Waals surface area contributed by atoms with Crippen LogP contribution in [-0.2, 0) is 0 Å². The lowest BCUT2D eigenvalue weighted by Gasteiger charge is -2.07. The number of aryl methyl sites for hydroxylation is 1. The largest absolute Gasteiger partial charge is 0.478 e. The molecule has 0 atom stereocenters. The van der Waals surface area contributed by atoms with Gasteiger partial charge in [-0.05, 0) is 19.1 Å². The Bertz CT molecular complexity index is 684. The number of ether oxygens (including phenoxy) is 1. The van der Waals surface area contributed by atoms with Crippen LogP contribution in [0.4, 0.5) is 5.69 Å². The van der Waals surface area contributed by atoms with E-state index < -0.39 is 10.9 Å². The molecule has 0 bridgehead atoms. The summed E-state index contributed by atoms with van der Waals surface area (Å²) in [6, 6.07) is 8.58. The predicted molar refractivity (Wildman–Crippen MR) is 69.1 cm³/mol. The van der Waals surface area contributed by atoms with E-state index in [0.717, 1.165) is 0 Å². The molecule has 7 nitrogen and oxygen atoms in total. The second kappa shape index (κ2) is 5.35. The van der Waals surface area contributed by atoms with Gasteiger partial charge in [0, 0.05) is 12.1 Å². The minimum atomic E-state index is -1.09. The fraction of sp³-hybridized carbons (Fsp3) is 0.0769. The molecule has 0 aliphatic carbocycles. The number of pyridine rings is 1. The highest BCUT2D eigenvalue weighted by atomic mass is 16.6. The number of nitro groups is 1. The van der Waals surface area contributed by atoms with E-state index in [2.05, 4.69) is 4.98 Å². The summed E-state index contributed by atoms with van der Waals surface area (Å²) in [6.45, 7) is 1.52. The van der Waals surface area contributed by atoms with Crippen LogP contribution in [0.2, 0.25) is 0 Å². The van der Waals surface area contributed by atoms with E-state index in [1.165, 1.54) is 37.3 Å². The summed E-state index contributed by atoms with van der Waals surface area (Å²) in [6.07, 6.45) is 0. The van der Waals surface area contributed by atoms with Crippen LogP contribution in [0.1, 0.15) is 16.1 Å². The molecule has 7 heteroatoms. The molecule has 1 aromatic carbocycles. The summed E-state index contributed by atoms with van der Waals surface area (Å²) in [4.78, 5) is 25.1. The first-order valence-electron chi connectivity index (χ1n) is 5.61. The van der Waals surface area contributed by atoms with Gasteiger partial charge in [0.15, 0.2) is 0 Å². The van der Waals surface area contributed by atoms with Gasteiger partial charge < -0.3 is 9.84 Å². The molecule has 0 saturated heterocycles. The molecule has 0 aliphatic heterocycles. The number of nitrogens with zero attached hydrogens (tertiary/aromatic N) is 2. The van der Waals surface area contributed by atoms with Gasteiger partial charge in [0.1, 0.15) is 0 Å². The molecular formula is C13H10N2O5. The molecule has 20 heavy (non-hydrogen) atoms. The molecule has 2 aromatic rings. The number of carboxylic acid groups (broad SMARTS) is 1. The number of aromatic nitrogens is 1. The van der Waals surface area contributed by atoms with Crippen molar-refractivity contribution in [2.24, 2.45) is 0 Å². The summed E-state index contributed by atoms with van der Waals surface area (Å²) >= 11 is 0. The minimum Gasteiger partial charge on any atom is -0.478 e. The predicted octanol–water partition coefficient (Wildman–Crippen LogP) is 2.79. The Morgan fingerprint density at radius 2 is 2.00 bits per heavy atom. The number of aromatic carboxylic acids is 1. The Hall–Kier alpha value is -2.96. The Balaban J connectivity index is 2.34. The number of para-hydroxylation sites is 2. The second-order valence-corrected chi connectivity index (χ2v) is 3.91. The van der Waals surface area contributed by atoms with E-state index >= 15 is 0 Å². The molecule has 0 fully saturated rings. The maximum absolute atomic E-state index is 10.9. The van der Waals surface area contributed by atoms with Crippen LogP contribution in [-0.4, -0.2) is 21.0 Å². The van der Waals surface area contributed by atoms with Crippen molar-refractivity contribution in [2.45, 2.75) is 6.92 Å². The first-order valence-corrected chi connectivity index (χ1v) is 5.61. The molecule has 0 saturated carbocycles. The van der Waals surface area contributed by atoms with Crippen molar-refractivity contribution in [3.05, 3.63) is 57.8 Å². The molecule has 0 radical (unpaired) electrons. The molecule has 0 unspecified atom stereocenters. The third kappa shape index (κ3) is 2.72. The van der Waals surface area contributed by atoms with Crippen LogP contribution in [0.3, 0.4) is 0 Å². The second-order valence-electron chi connectivity index (χ2n) is 3.91. The van der Waals surface area contributed by atoms with Gasteiger partial charge in [-0.3, -0.25) is 10.1 Å². The summed E-state index contributed by atoms with van der Waals surface area (Å²) in [5, 5.41) is 19.7. The lowest BCUT2D eigenvalue weighted by atomic mass is 10.2. The van der Waals surface area contributed by atoms with Gasteiger partial charge >= 0.3 is 11.7 Å². The van der Waals surface area contributed by atoms with Gasteiger partial charge in [-0.15, -0.1) is 0 Å². The topological polar surface area (TPSA) is 103 Å². The third-order valence-corrected chi connectivity index (χ3v) is 2.57. The average molecular weight is 274 g/mol. The zero-order valence-electron chi connectivity index (χ0n) is 10.4. The molecule has 0 aliphatic rings. The third-order valence-electron chi connectivity index (χ3n) is 2.57. The monoisotopic (exact) mass is 274 g/mol. The van der Waals surface area contributed by atoms with Crippen molar-refractivity contribution < 1.29 is 19.6 Å². The van der Waals surface area contributed by atoms with E-state index in [1.54, 1.807) is 6.07 Å². The fourth-order valence-corrected chi connectivity index (χ4v) is 1.63. The van der Waals surface area contributed by atoms with Gasteiger partial charge in [0.2, 0.25) is 11.6 Å². The van der Waals surface area contributed by atoms with Crippen molar-refractivity contribution in [3.63, 3.8) is 0 Å². The normalized spacial score (nSPS) is 10.1. The van der Waals surface area contributed by atoms with Crippen molar-refractivity contribution in [3.8, 4) is 11.6 Å². The highest BCUT2D eigenvalue weighted by molar-refractivity contribution is 5.88. The first kappa shape index (κ1) is 13.5. The van der Waals surface area contributed by atoms with Crippen molar-refractivity contribution in [1.82, 2.24) is 4.98 Å². The van der Waals surface area contributed by atoms with Crippen LogP contribution in [0, 0.1) is 17.0 Å². The number of carbonyl (C=O) groups is 1. The average Bonchev–Trinajstić information content (AvgIpc) is 2.38. The number of benzene rings is 1. The zero-order valence-corrected chi connectivity index (χ0v) is 10.4. The van der Waals surface area contributed by atoms with Crippen LogP contribution in [0.5, 0.6) is 11.6 Å². The Morgan fingerprint density at radius 1 is 1.30 bits per heavy atom. The SMILES string of the molecule is Cc1nc(Oc2ccccc2[N+](=O)[O-])ccc1C(=O)O. The van der Waals surface area contributed by atoms with E-state index in [1.807, 2.05) is 0 Å². The standard InChI is InChI=1S/C13H10N2O5/c1-8-9(13(16)17)6-7-12(14-8)20-11-5-3-2-4-10(11)15(18)19/h2-7H,1H3,(H,16,17). The van der Waals surface area contributed by atoms with Crippen LogP contribution in [0.25, 0.3) is 0 Å². The summed E-state index contributed by atoms with van der Waals surface area (Å²) in [5.74, 6) is -0.943. The van der Waals surface area contributed by atoms with Gasteiger partial charge in [-0.25, -0.2) is 9.78 Å². The molecule has 1 heterocycles. The Morgan fingerprint density at radius 3 is 2.60 bits per heavy atom. The molecule has 102 valence electrons. The highest BCUT2D eigenvalue weighted by Crippen LogP contribution is 2.30. The first-order chi connectivity index (χ1) is 9.49. The van der Waals surface area contributed by atoms with Crippen molar-refractivity contribution >= 4 is 11.7 Å². The highest BCUT2D eigenvalue weighted by Gasteiger charge is 2.16. The van der Waals surface area contributed by atoms with E-state index in [4.69, 9.17) is 9.84 Å². The zero-order chi connectivity index (χ0) is 14.7. The smallest absolute Gasteiger partial charge is 0.337 e. The Kier molecular flexibility index (Phi) is 3.60. The molecule has 1 N–H and O–H groups in total. The van der Waals surface area contributed by atoms with E-state index in [9.17, 15) is 14.9 Å². The van der Waals surface area contributed by atoms with Gasteiger partial charge in [0.05, 0.1) is 16.2 Å². The van der Waals surface area contributed by atoms with E-state index in [-0.39, 0.29) is 28.6 Å². The number of hydrogen-bond donors (Lipinski definition) is 1. The van der Waals surface area contributed by atoms with Crippen LogP contribution >= 0.6 is 0 Å². The minimum absolute atomic E-state index is 0.0486. The number of rotatable bonds is 4. The van der Waals surface area contributed by atoms with E-state index in [0.29, 0.717) is 0 Å². The van der Waals surface area contributed by atoms with Crippen molar-refractivity contribution in [2.75, 3.05) is 0 Å². The molecule has 0 amide bonds. The van der Waals surface area contributed by atoms with Gasteiger partial charge in [0.25, 0.3) is 0 Å². The quantitative estimate of drug-likeness (QED) is 0.679. The molecular weight excluding hydrogens is 264 g/mol. The molecule has 0 spiro atoms. The maximum Gasteiger partial charge on any atom is 0.337 e. The lowest BCUT2D eigenvalue weighted by Crippen LogP contribution is -2.02. The summed E-state index contributed by atoms with van der Waals surface area (Å²) < 4.78 is 5.34. The number of hydrogen-bond acceptors (Lipinski definition) is 5. The van der Waals surface area contributed by atoms with Gasteiger partial charge in [-0.1, -0.05) is 12.1 Å². The fourth-order valence-electron chi connectivity index (χ4n) is 1.63. The summed E-state index contributed by atoms with van der Waals surface area (Å²) in [5.41, 5.74) is 0.141. The lowest BCUT2D eigenvalue weighted by molar-refractivity contribution is -0.385. The maximum atomic E-state index is 10.9. The summed E-state index contributed by atoms with van der Waals surface area (Å²) in [7, 11) is 0. The van der Waals surface area contributed by atoms with Crippen LogP contribution in [0.15, 0.2) is 36.4 Å². The van der Waals surface area contributed by atoms with Crippen molar-refractivity contribution in [1.29, 1.82) is 0 Å². The van der Waals surface area contributed by atoms with Gasteiger partial charge in [-0.2, -0.15) is 0 Å².